The van der Waals surface area contributed by atoms with Gasteiger partial charge in [-0.25, -0.2) is 0 Å². The number of carbonyl (C=O) groups is 2. The average molecular weight is 1090 g/mol. The highest BCUT2D eigenvalue weighted by Crippen LogP contribution is 2.18. The van der Waals surface area contributed by atoms with E-state index in [-0.39, 0.29) is 25.2 Å². The van der Waals surface area contributed by atoms with Crippen LogP contribution in [0.5, 0.6) is 0 Å². The topological polar surface area (TPSA) is 72.8 Å². The molecule has 5 heteroatoms. The quantitative estimate of drug-likeness (QED) is 0.0373. The molecule has 0 saturated carbocycles. The molecule has 1 unspecified atom stereocenters. The molecule has 0 aliphatic rings. The van der Waals surface area contributed by atoms with Crippen molar-refractivity contribution in [2.45, 2.75) is 354 Å². The summed E-state index contributed by atoms with van der Waals surface area (Å²) in [5, 5.41) is 9.70. The molecule has 0 rings (SSSR count). The van der Waals surface area contributed by atoms with Crippen molar-refractivity contribution in [3.8, 4) is 0 Å². The minimum atomic E-state index is -0.774. The van der Waals surface area contributed by atoms with Gasteiger partial charge in [0.15, 0.2) is 6.10 Å². The first-order valence-electron chi connectivity index (χ1n) is 34.1. The normalized spacial score (nSPS) is 12.7. The third kappa shape index (κ3) is 65.6. The van der Waals surface area contributed by atoms with E-state index < -0.39 is 6.10 Å². The molecule has 0 fully saturated rings. The summed E-state index contributed by atoms with van der Waals surface area (Å²) >= 11 is 0. The summed E-state index contributed by atoms with van der Waals surface area (Å²) in [6.45, 7) is 4.06. The van der Waals surface area contributed by atoms with Crippen LogP contribution in [-0.4, -0.2) is 36.4 Å². The molecule has 452 valence electrons. The monoisotopic (exact) mass is 1090 g/mol. The van der Waals surface area contributed by atoms with Crippen LogP contribution in [0.25, 0.3) is 0 Å². The summed E-state index contributed by atoms with van der Waals surface area (Å²) < 4.78 is 10.8. The second kappa shape index (κ2) is 68.4. The Balaban J connectivity index is 3.42. The number of rotatable bonds is 63. The molecule has 78 heavy (non-hydrogen) atoms. The molecule has 0 aromatic carbocycles. The average Bonchev–Trinajstić information content (AvgIpc) is 3.44. The minimum absolute atomic E-state index is 0.0635. The highest BCUT2D eigenvalue weighted by Gasteiger charge is 2.16. The number of allylic oxidation sites excluding steroid dienone is 14. The Bertz CT molecular complexity index is 1420. The van der Waals surface area contributed by atoms with Crippen molar-refractivity contribution in [1.82, 2.24) is 0 Å². The highest BCUT2D eigenvalue weighted by molar-refractivity contribution is 5.70. The molecule has 0 aliphatic heterocycles. The van der Waals surface area contributed by atoms with Crippen molar-refractivity contribution >= 4 is 11.9 Å². The van der Waals surface area contributed by atoms with Crippen LogP contribution >= 0.6 is 0 Å². The second-order valence-electron chi connectivity index (χ2n) is 22.9. The lowest BCUT2D eigenvalue weighted by atomic mass is 10.0. The zero-order valence-corrected chi connectivity index (χ0v) is 51.9. The Morgan fingerprint density at radius 3 is 0.833 bits per heavy atom. The molecule has 5 nitrogen and oxygen atoms in total. The Morgan fingerprint density at radius 2 is 0.551 bits per heavy atom. The lowest BCUT2D eigenvalue weighted by Gasteiger charge is -2.15. The number of unbranched alkanes of at least 4 members (excludes halogenated alkanes) is 41. The van der Waals surface area contributed by atoms with Gasteiger partial charge in [0.05, 0.1) is 6.61 Å². The number of aliphatic hydroxyl groups is 1. The van der Waals surface area contributed by atoms with Gasteiger partial charge in [-0.3, -0.25) is 9.59 Å². The van der Waals surface area contributed by atoms with Crippen molar-refractivity contribution in [3.63, 3.8) is 0 Å². The zero-order chi connectivity index (χ0) is 56.2. The van der Waals surface area contributed by atoms with E-state index in [9.17, 15) is 14.7 Å². The van der Waals surface area contributed by atoms with Gasteiger partial charge in [-0.05, 0) is 89.9 Å². The predicted octanol–water partition coefficient (Wildman–Crippen LogP) is 23.7. The first-order valence-corrected chi connectivity index (χ1v) is 34.1. The van der Waals surface area contributed by atoms with Gasteiger partial charge in [-0.1, -0.05) is 330 Å². The number of ether oxygens (including phenoxy) is 2. The maximum absolute atomic E-state index is 12.4. The summed E-state index contributed by atoms with van der Waals surface area (Å²) in [7, 11) is 0. The van der Waals surface area contributed by atoms with E-state index >= 15 is 0 Å². The molecular weight excluding hydrogens is 957 g/mol. The fourth-order valence-electron chi connectivity index (χ4n) is 10.1. The minimum Gasteiger partial charge on any atom is -0.462 e. The van der Waals surface area contributed by atoms with Gasteiger partial charge in [-0.15, -0.1) is 0 Å². The van der Waals surface area contributed by atoms with Gasteiger partial charge in [0.2, 0.25) is 0 Å². The van der Waals surface area contributed by atoms with Crippen molar-refractivity contribution in [2.75, 3.05) is 13.2 Å². The van der Waals surface area contributed by atoms with Gasteiger partial charge in [0.1, 0.15) is 6.61 Å². The number of aliphatic hydroxyl groups excluding tert-OH is 1. The van der Waals surface area contributed by atoms with E-state index in [1.165, 1.54) is 244 Å². The van der Waals surface area contributed by atoms with E-state index in [0.29, 0.717) is 12.8 Å². The Morgan fingerprint density at radius 1 is 0.308 bits per heavy atom. The number of hydrogen-bond donors (Lipinski definition) is 1. The van der Waals surface area contributed by atoms with Gasteiger partial charge >= 0.3 is 11.9 Å². The van der Waals surface area contributed by atoms with Crippen LogP contribution in [0.4, 0.5) is 0 Å². The maximum atomic E-state index is 12.4. The van der Waals surface area contributed by atoms with Crippen LogP contribution in [0, 0.1) is 0 Å². The van der Waals surface area contributed by atoms with E-state index in [2.05, 4.69) is 98.9 Å². The lowest BCUT2D eigenvalue weighted by molar-refractivity contribution is -0.161. The van der Waals surface area contributed by atoms with Crippen LogP contribution in [0.3, 0.4) is 0 Å². The number of hydrogen-bond acceptors (Lipinski definition) is 5. The fourth-order valence-corrected chi connectivity index (χ4v) is 10.1. The SMILES string of the molecule is CC/C=C\C/C=C\C/C=C\C/C=C\C/C=C\CCCCCCCCCCCCCCCCCCCCCCCC(=O)OC(CO)COC(=O)CCCCCCCCCCCCCCCCC/C=C\C/C=C\CCCCCCC. The smallest absolute Gasteiger partial charge is 0.306 e. The van der Waals surface area contributed by atoms with Crippen LogP contribution in [0.2, 0.25) is 0 Å². The molecule has 0 aliphatic carbocycles. The van der Waals surface area contributed by atoms with Gasteiger partial charge in [0, 0.05) is 12.8 Å². The Hall–Kier alpha value is -2.92. The summed E-state index contributed by atoms with van der Waals surface area (Å²) in [4.78, 5) is 24.6. The van der Waals surface area contributed by atoms with Crippen LogP contribution in [-0.2, 0) is 19.1 Å². The Labute approximate surface area is 486 Å². The van der Waals surface area contributed by atoms with Crippen LogP contribution < -0.4 is 0 Å². The summed E-state index contributed by atoms with van der Waals surface area (Å²) in [5.74, 6) is -0.574. The number of carbonyl (C=O) groups excluding carboxylic acids is 2. The molecule has 0 radical (unpaired) electrons. The maximum Gasteiger partial charge on any atom is 0.306 e. The first kappa shape index (κ1) is 75.1. The van der Waals surface area contributed by atoms with E-state index in [1.54, 1.807) is 0 Å². The zero-order valence-electron chi connectivity index (χ0n) is 51.9. The molecule has 0 heterocycles. The molecule has 0 aromatic rings. The summed E-state index contributed by atoms with van der Waals surface area (Å²) in [6.07, 6.45) is 96.1. The van der Waals surface area contributed by atoms with E-state index in [0.717, 1.165) is 77.0 Å². The summed E-state index contributed by atoms with van der Waals surface area (Å²) in [6, 6.07) is 0. The number of esters is 2. The molecule has 1 N–H and O–H groups in total. The molecular formula is C73H130O5. The van der Waals surface area contributed by atoms with Crippen molar-refractivity contribution in [3.05, 3.63) is 85.1 Å². The molecule has 0 amide bonds. The first-order chi connectivity index (χ1) is 38.6. The van der Waals surface area contributed by atoms with Crippen LogP contribution in [0.15, 0.2) is 85.1 Å². The van der Waals surface area contributed by atoms with Crippen LogP contribution in [0.1, 0.15) is 348 Å². The standard InChI is InChI=1S/C73H130O5/c1-3-5-7-9-11-13-15-17-19-21-23-25-27-29-31-32-33-34-35-36-37-38-39-40-42-44-46-48-50-52-54-56-58-60-62-64-66-68-73(76)78-71(69-74)70-77-72(75)67-65-63-61-59-57-55-53-51-49-47-45-43-41-30-28-26-24-22-20-18-16-14-12-10-8-6-4-2/h5,7,11,13,16-19,22-25,29,31,71,74H,3-4,6,8-10,12,14-15,20-21,26-28,30,32-70H2,1-2H3/b7-5-,13-11-,18-16-,19-17-,24-22-,25-23-,31-29-. The molecule has 1 atom stereocenters. The third-order valence-electron chi connectivity index (χ3n) is 15.2. The van der Waals surface area contributed by atoms with Gasteiger partial charge in [-0.2, -0.15) is 0 Å². The molecule has 0 bridgehead atoms. The Kier molecular flexibility index (Phi) is 65.8. The third-order valence-corrected chi connectivity index (χ3v) is 15.2. The van der Waals surface area contributed by atoms with E-state index in [4.69, 9.17) is 9.47 Å². The van der Waals surface area contributed by atoms with Crippen molar-refractivity contribution in [1.29, 1.82) is 0 Å². The molecule has 0 saturated heterocycles. The van der Waals surface area contributed by atoms with Gasteiger partial charge < -0.3 is 14.6 Å². The summed E-state index contributed by atoms with van der Waals surface area (Å²) in [5.41, 5.74) is 0. The largest absolute Gasteiger partial charge is 0.462 e. The van der Waals surface area contributed by atoms with Gasteiger partial charge in [0.25, 0.3) is 0 Å². The predicted molar refractivity (Wildman–Crippen MR) is 343 cm³/mol. The molecule has 0 aromatic heterocycles. The fraction of sp³-hybridized carbons (Fsp3) is 0.781. The van der Waals surface area contributed by atoms with Crippen molar-refractivity contribution in [2.24, 2.45) is 0 Å². The highest BCUT2D eigenvalue weighted by atomic mass is 16.6. The van der Waals surface area contributed by atoms with E-state index in [1.807, 2.05) is 0 Å². The van der Waals surface area contributed by atoms with Crippen molar-refractivity contribution < 1.29 is 24.2 Å². The molecule has 0 spiro atoms. The lowest BCUT2D eigenvalue weighted by Crippen LogP contribution is -2.28. The second-order valence-corrected chi connectivity index (χ2v) is 22.9.